The van der Waals surface area contributed by atoms with Crippen molar-refractivity contribution in [2.75, 3.05) is 7.05 Å². The molecule has 0 fully saturated rings. The van der Waals surface area contributed by atoms with Gasteiger partial charge in [0.15, 0.2) is 0 Å². The summed E-state index contributed by atoms with van der Waals surface area (Å²) in [6.07, 6.45) is 3.86. The summed E-state index contributed by atoms with van der Waals surface area (Å²) in [5.41, 5.74) is 2.28. The van der Waals surface area contributed by atoms with Gasteiger partial charge < -0.3 is 5.32 Å². The van der Waals surface area contributed by atoms with Crippen LogP contribution in [0, 0.1) is 6.92 Å². The highest BCUT2D eigenvalue weighted by Crippen LogP contribution is 2.23. The van der Waals surface area contributed by atoms with E-state index in [-0.39, 0.29) is 0 Å². The lowest BCUT2D eigenvalue weighted by molar-refractivity contribution is 0.540. The number of nitrogens with one attached hydrogen (secondary N) is 1. The first-order chi connectivity index (χ1) is 8.22. The summed E-state index contributed by atoms with van der Waals surface area (Å²) in [5, 5.41) is 11.6. The largest absolute Gasteiger partial charge is 0.312 e. The van der Waals surface area contributed by atoms with E-state index in [2.05, 4.69) is 26.1 Å². The lowest BCUT2D eigenvalue weighted by Crippen LogP contribution is -2.17. The van der Waals surface area contributed by atoms with E-state index in [0.717, 1.165) is 18.5 Å². The van der Waals surface area contributed by atoms with Crippen molar-refractivity contribution in [3.8, 4) is 0 Å². The summed E-state index contributed by atoms with van der Waals surface area (Å²) < 4.78 is 5.91. The average molecular weight is 251 g/mol. The summed E-state index contributed by atoms with van der Waals surface area (Å²) >= 11 is 1.48. The Kier molecular flexibility index (Phi) is 3.86. The molecular formula is C11H17N5S. The van der Waals surface area contributed by atoms with Gasteiger partial charge >= 0.3 is 0 Å². The fraction of sp³-hybridized carbons (Fsp3) is 0.545. The van der Waals surface area contributed by atoms with Crippen LogP contribution < -0.4 is 5.32 Å². The van der Waals surface area contributed by atoms with E-state index in [1.807, 2.05) is 31.9 Å². The van der Waals surface area contributed by atoms with Crippen LogP contribution in [0.1, 0.15) is 28.7 Å². The smallest absolute Gasteiger partial charge is 0.0772 e. The maximum Gasteiger partial charge on any atom is 0.0772 e. The van der Waals surface area contributed by atoms with Crippen molar-refractivity contribution >= 4 is 11.5 Å². The van der Waals surface area contributed by atoms with Crippen molar-refractivity contribution in [3.05, 3.63) is 28.5 Å². The third kappa shape index (κ3) is 2.70. The van der Waals surface area contributed by atoms with E-state index in [1.54, 1.807) is 0 Å². The van der Waals surface area contributed by atoms with Crippen LogP contribution in [-0.2, 0) is 13.5 Å². The maximum absolute atomic E-state index is 4.17. The third-order valence-corrected chi connectivity index (χ3v) is 3.90. The molecular weight excluding hydrogens is 234 g/mol. The highest BCUT2D eigenvalue weighted by molar-refractivity contribution is 7.05. The summed E-state index contributed by atoms with van der Waals surface area (Å²) in [6.45, 7) is 2.01. The monoisotopic (exact) mass is 251 g/mol. The van der Waals surface area contributed by atoms with Gasteiger partial charge in [0.05, 0.1) is 10.6 Å². The van der Waals surface area contributed by atoms with Crippen molar-refractivity contribution in [2.24, 2.45) is 7.05 Å². The van der Waals surface area contributed by atoms with Gasteiger partial charge in [0.2, 0.25) is 0 Å². The molecule has 0 aliphatic carbocycles. The molecule has 0 aliphatic heterocycles. The van der Waals surface area contributed by atoms with Crippen LogP contribution in [0.4, 0.5) is 0 Å². The molecule has 0 spiro atoms. The Morgan fingerprint density at radius 3 is 2.88 bits per heavy atom. The zero-order valence-corrected chi connectivity index (χ0v) is 11.2. The van der Waals surface area contributed by atoms with Crippen LogP contribution in [0.5, 0.6) is 0 Å². The number of hydrogen-bond acceptors (Lipinski definition) is 5. The summed E-state index contributed by atoms with van der Waals surface area (Å²) in [5.74, 6) is 0. The van der Waals surface area contributed by atoms with Crippen molar-refractivity contribution < 1.29 is 0 Å². The molecule has 0 aliphatic rings. The maximum atomic E-state index is 4.17. The van der Waals surface area contributed by atoms with Crippen molar-refractivity contribution in [1.29, 1.82) is 0 Å². The van der Waals surface area contributed by atoms with E-state index in [4.69, 9.17) is 0 Å². The predicted molar refractivity (Wildman–Crippen MR) is 68.0 cm³/mol. The van der Waals surface area contributed by atoms with Crippen LogP contribution in [-0.4, -0.2) is 26.4 Å². The second kappa shape index (κ2) is 5.37. The van der Waals surface area contributed by atoms with Gasteiger partial charge in [0, 0.05) is 25.0 Å². The molecule has 92 valence electrons. The number of nitrogens with zero attached hydrogens (tertiary/aromatic N) is 4. The second-order valence-corrected chi connectivity index (χ2v) is 4.83. The number of hydrogen-bond donors (Lipinski definition) is 1. The first-order valence-electron chi connectivity index (χ1n) is 5.65. The van der Waals surface area contributed by atoms with Gasteiger partial charge in [-0.3, -0.25) is 4.68 Å². The quantitative estimate of drug-likeness (QED) is 0.874. The molecule has 5 nitrogen and oxygen atoms in total. The van der Waals surface area contributed by atoms with Crippen molar-refractivity contribution in [2.45, 2.75) is 25.8 Å². The van der Waals surface area contributed by atoms with Crippen molar-refractivity contribution in [1.82, 2.24) is 24.7 Å². The molecule has 0 saturated carbocycles. The van der Waals surface area contributed by atoms with E-state index >= 15 is 0 Å². The van der Waals surface area contributed by atoms with Crippen molar-refractivity contribution in [3.63, 3.8) is 0 Å². The molecule has 0 radical (unpaired) electrons. The van der Waals surface area contributed by atoms with E-state index < -0.39 is 0 Å². The molecule has 0 saturated heterocycles. The predicted octanol–water partition coefficient (Wildman–Crippen LogP) is 1.47. The molecule has 2 aromatic heterocycles. The first kappa shape index (κ1) is 12.2. The van der Waals surface area contributed by atoms with E-state index in [0.29, 0.717) is 6.04 Å². The summed E-state index contributed by atoms with van der Waals surface area (Å²) in [7, 11) is 3.95. The lowest BCUT2D eigenvalue weighted by Gasteiger charge is -2.14. The Morgan fingerprint density at radius 2 is 2.35 bits per heavy atom. The van der Waals surface area contributed by atoms with Crippen LogP contribution >= 0.6 is 11.5 Å². The third-order valence-electron chi connectivity index (χ3n) is 2.96. The van der Waals surface area contributed by atoms with Crippen LogP contribution in [0.2, 0.25) is 0 Å². The Labute approximate surface area is 105 Å². The van der Waals surface area contributed by atoms with Gasteiger partial charge in [-0.15, -0.1) is 5.10 Å². The lowest BCUT2D eigenvalue weighted by atomic mass is 10.1. The minimum atomic E-state index is 0.324. The number of aryl methyl sites for hydroxylation is 3. The van der Waals surface area contributed by atoms with Crippen LogP contribution in [0.15, 0.2) is 12.3 Å². The fourth-order valence-electron chi connectivity index (χ4n) is 1.90. The van der Waals surface area contributed by atoms with Gasteiger partial charge in [0.1, 0.15) is 0 Å². The Balaban J connectivity index is 2.02. The molecule has 1 unspecified atom stereocenters. The number of aromatic nitrogens is 4. The zero-order valence-electron chi connectivity index (χ0n) is 10.3. The minimum absolute atomic E-state index is 0.324. The van der Waals surface area contributed by atoms with Gasteiger partial charge in [0.25, 0.3) is 0 Å². The fourth-order valence-corrected chi connectivity index (χ4v) is 2.69. The average Bonchev–Trinajstić information content (AvgIpc) is 2.90. The van der Waals surface area contributed by atoms with Gasteiger partial charge in [-0.2, -0.15) is 5.10 Å². The minimum Gasteiger partial charge on any atom is -0.312 e. The molecule has 1 N–H and O–H groups in total. The molecule has 0 aromatic carbocycles. The highest BCUT2D eigenvalue weighted by atomic mass is 32.1. The highest BCUT2D eigenvalue weighted by Gasteiger charge is 2.15. The molecule has 0 bridgehead atoms. The van der Waals surface area contributed by atoms with Crippen LogP contribution in [0.25, 0.3) is 0 Å². The SMILES string of the molecule is CNC(CCc1ccnn1C)c1snnc1C. The topological polar surface area (TPSA) is 55.6 Å². The summed E-state index contributed by atoms with van der Waals surface area (Å²) in [6, 6.07) is 2.38. The van der Waals surface area contributed by atoms with E-state index in [1.165, 1.54) is 22.1 Å². The molecule has 2 rings (SSSR count). The van der Waals surface area contributed by atoms with E-state index in [9.17, 15) is 0 Å². The second-order valence-electron chi connectivity index (χ2n) is 4.05. The zero-order chi connectivity index (χ0) is 12.3. The standard InChI is InChI=1S/C11H17N5S/c1-8-11(17-15-14-8)10(12-2)5-4-9-6-7-13-16(9)3/h6-7,10,12H,4-5H2,1-3H3. The Hall–Kier alpha value is -1.27. The molecule has 0 amide bonds. The molecule has 2 aromatic rings. The summed E-state index contributed by atoms with van der Waals surface area (Å²) in [4.78, 5) is 1.23. The molecule has 6 heteroatoms. The van der Waals surface area contributed by atoms with Gasteiger partial charge in [-0.25, -0.2) is 0 Å². The van der Waals surface area contributed by atoms with Gasteiger partial charge in [-0.05, 0) is 44.4 Å². The Morgan fingerprint density at radius 1 is 1.53 bits per heavy atom. The van der Waals surface area contributed by atoms with Crippen LogP contribution in [0.3, 0.4) is 0 Å². The number of rotatable bonds is 5. The first-order valence-corrected chi connectivity index (χ1v) is 6.42. The molecule has 2 heterocycles. The molecule has 1 atom stereocenters. The van der Waals surface area contributed by atoms with Gasteiger partial charge in [-0.1, -0.05) is 4.49 Å². The Bertz CT molecular complexity index is 476. The molecule has 17 heavy (non-hydrogen) atoms. The normalized spacial score (nSPS) is 12.9.